The predicted molar refractivity (Wildman–Crippen MR) is 139 cm³/mol. The van der Waals surface area contributed by atoms with E-state index in [1.807, 2.05) is 42.5 Å². The fourth-order valence-electron chi connectivity index (χ4n) is 4.61. The van der Waals surface area contributed by atoms with Crippen LogP contribution in [0.25, 0.3) is 22.0 Å². The van der Waals surface area contributed by atoms with Crippen molar-refractivity contribution >= 4 is 40.1 Å². The van der Waals surface area contributed by atoms with Gasteiger partial charge >= 0.3 is 11.9 Å². The highest BCUT2D eigenvalue weighted by atomic mass is 35.5. The molecule has 1 aromatic heterocycles. The molecule has 4 aromatic rings. The van der Waals surface area contributed by atoms with E-state index < -0.39 is 35.8 Å². The van der Waals surface area contributed by atoms with E-state index in [9.17, 15) is 23.2 Å². The van der Waals surface area contributed by atoms with Gasteiger partial charge < -0.3 is 10.1 Å². The minimum absolute atomic E-state index is 0.0350. The number of amides is 1. The van der Waals surface area contributed by atoms with E-state index in [-0.39, 0.29) is 17.7 Å². The minimum Gasteiger partial charge on any atom is -0.477 e. The highest BCUT2D eigenvalue weighted by Crippen LogP contribution is 2.38. The monoisotopic (exact) mass is 535 g/mol. The van der Waals surface area contributed by atoms with Crippen molar-refractivity contribution in [3.05, 3.63) is 105 Å². The summed E-state index contributed by atoms with van der Waals surface area (Å²) in [5.74, 6) is -7.88. The molecule has 3 aromatic carbocycles. The van der Waals surface area contributed by atoms with Gasteiger partial charge in [0.05, 0.1) is 17.3 Å². The van der Waals surface area contributed by atoms with Crippen LogP contribution < -0.4 is 5.56 Å². The van der Waals surface area contributed by atoms with Crippen LogP contribution in [0.3, 0.4) is 0 Å². The third-order valence-corrected chi connectivity index (χ3v) is 6.63. The Kier molecular flexibility index (Phi) is 6.54. The molecule has 0 bridgehead atoms. The van der Waals surface area contributed by atoms with Crippen LogP contribution in [-0.2, 0) is 9.59 Å². The Morgan fingerprint density at radius 3 is 2.34 bits per heavy atom. The summed E-state index contributed by atoms with van der Waals surface area (Å²) in [4.78, 5) is 40.3. The number of carbonyl (C=O) groups is 2. The molecule has 7 nitrogen and oxygen atoms in total. The molecule has 0 spiro atoms. The van der Waals surface area contributed by atoms with Gasteiger partial charge in [-0.1, -0.05) is 72.3 Å². The van der Waals surface area contributed by atoms with Gasteiger partial charge in [0.2, 0.25) is 5.91 Å². The molecule has 0 saturated heterocycles. The molecular formula is C28H20ClF2N3O4. The number of hydrogen-bond donors (Lipinski definition) is 2. The first-order valence-electron chi connectivity index (χ1n) is 11.6. The Labute approximate surface area is 220 Å². The second kappa shape index (κ2) is 9.83. The number of hydrazone groups is 1. The summed E-state index contributed by atoms with van der Waals surface area (Å²) in [6.45, 7) is 0. The van der Waals surface area contributed by atoms with Gasteiger partial charge in [-0.15, -0.1) is 0 Å². The maximum absolute atomic E-state index is 14.0. The number of rotatable bonds is 6. The largest absolute Gasteiger partial charge is 0.477 e. The number of carboxylic acid groups (broad SMARTS) is 1. The van der Waals surface area contributed by atoms with Gasteiger partial charge in [-0.3, -0.25) is 9.59 Å². The van der Waals surface area contributed by atoms with Crippen LogP contribution in [0.2, 0.25) is 5.02 Å². The van der Waals surface area contributed by atoms with Gasteiger partial charge in [0.1, 0.15) is 6.42 Å². The number of carbonyl (C=O) groups excluding carboxylic acids is 1. The Morgan fingerprint density at radius 2 is 1.66 bits per heavy atom. The second-order valence-electron chi connectivity index (χ2n) is 8.86. The summed E-state index contributed by atoms with van der Waals surface area (Å²) in [6, 6.07) is 22.0. The molecule has 0 saturated carbocycles. The molecule has 10 heteroatoms. The average Bonchev–Trinajstić information content (AvgIpc) is 3.33. The highest BCUT2D eigenvalue weighted by Gasteiger charge is 2.45. The zero-order valence-electron chi connectivity index (χ0n) is 19.7. The number of alkyl halides is 2. The maximum Gasteiger partial charge on any atom is 0.375 e. The number of halogens is 3. The van der Waals surface area contributed by atoms with E-state index in [0.29, 0.717) is 21.7 Å². The molecule has 192 valence electrons. The number of fused-ring (bicyclic) bond motifs is 1. The summed E-state index contributed by atoms with van der Waals surface area (Å²) in [5, 5.41) is 15.2. The highest BCUT2D eigenvalue weighted by molar-refractivity contribution is 6.30. The normalized spacial score (nSPS) is 15.5. The Balaban J connectivity index is 1.68. The van der Waals surface area contributed by atoms with Crippen molar-refractivity contribution in [3.63, 3.8) is 0 Å². The Morgan fingerprint density at radius 1 is 1.00 bits per heavy atom. The topological polar surface area (TPSA) is 103 Å². The average molecular weight is 536 g/mol. The predicted octanol–water partition coefficient (Wildman–Crippen LogP) is 5.64. The van der Waals surface area contributed by atoms with Gasteiger partial charge in [-0.25, -0.2) is 9.80 Å². The molecule has 2 N–H and O–H groups in total. The van der Waals surface area contributed by atoms with Gasteiger partial charge in [-0.2, -0.15) is 13.9 Å². The van der Waals surface area contributed by atoms with Crippen molar-refractivity contribution in [2.75, 3.05) is 0 Å². The minimum atomic E-state index is -4.28. The lowest BCUT2D eigenvalue weighted by Crippen LogP contribution is -2.37. The fraction of sp³-hybridized carbons (Fsp3) is 0.143. The van der Waals surface area contributed by atoms with Crippen molar-refractivity contribution in [2.45, 2.75) is 24.8 Å². The molecule has 5 rings (SSSR count). The van der Waals surface area contributed by atoms with Crippen molar-refractivity contribution in [2.24, 2.45) is 5.10 Å². The third kappa shape index (κ3) is 4.68. The van der Waals surface area contributed by atoms with Gasteiger partial charge in [0.25, 0.3) is 5.56 Å². The van der Waals surface area contributed by atoms with Crippen LogP contribution in [0.4, 0.5) is 8.78 Å². The van der Waals surface area contributed by atoms with E-state index in [4.69, 9.17) is 16.7 Å². The van der Waals surface area contributed by atoms with Crippen molar-refractivity contribution in [1.82, 2.24) is 9.99 Å². The van der Waals surface area contributed by atoms with Crippen LogP contribution >= 0.6 is 11.6 Å². The Bertz CT molecular complexity index is 1640. The van der Waals surface area contributed by atoms with E-state index >= 15 is 0 Å². The number of aliphatic carboxylic acids is 1. The lowest BCUT2D eigenvalue weighted by molar-refractivity contribution is -0.170. The molecule has 0 aliphatic carbocycles. The van der Waals surface area contributed by atoms with Crippen LogP contribution in [-0.4, -0.2) is 38.6 Å². The standard InChI is InChI=1S/C28H20ClF2N3O4/c29-18-12-10-16(11-13-18)22-14-21(33-34(22)23(35)15-28(30,31)27(37)38)25-24(17-6-2-1-3-7-17)19-8-4-5-9-20(19)32-26(25)36/h1-13,22H,14-15H2,(H,32,36)(H,37,38). The maximum atomic E-state index is 14.0. The zero-order valence-corrected chi connectivity index (χ0v) is 20.5. The summed E-state index contributed by atoms with van der Waals surface area (Å²) < 4.78 is 28.0. The number of nitrogens with one attached hydrogen (secondary N) is 1. The number of benzene rings is 3. The number of carboxylic acids is 1. The van der Waals surface area contributed by atoms with Crippen LogP contribution in [0, 0.1) is 0 Å². The van der Waals surface area contributed by atoms with Crippen LogP contribution in [0.15, 0.2) is 88.8 Å². The van der Waals surface area contributed by atoms with Crippen molar-refractivity contribution in [3.8, 4) is 11.1 Å². The number of nitrogens with zero attached hydrogens (tertiary/aromatic N) is 2. The van der Waals surface area contributed by atoms with Gasteiger partial charge in [-0.05, 0) is 29.3 Å². The Hall–Kier alpha value is -4.37. The SMILES string of the molecule is O=C(CC(F)(F)C(=O)O)N1N=C(c2c(-c3ccccc3)c3ccccc3[nH]c2=O)CC1c1ccc(Cl)cc1. The third-order valence-electron chi connectivity index (χ3n) is 6.38. The fourth-order valence-corrected chi connectivity index (χ4v) is 4.73. The summed E-state index contributed by atoms with van der Waals surface area (Å²) in [7, 11) is 0. The van der Waals surface area contributed by atoms with Crippen molar-refractivity contribution < 1.29 is 23.5 Å². The number of H-pyrrole nitrogens is 1. The summed E-state index contributed by atoms with van der Waals surface area (Å²) in [6.07, 6.45) is -1.55. The zero-order chi connectivity index (χ0) is 27.0. The molecule has 0 radical (unpaired) electrons. The first-order valence-corrected chi connectivity index (χ1v) is 12.0. The molecule has 1 aliphatic heterocycles. The number of hydrogen-bond acceptors (Lipinski definition) is 4. The van der Waals surface area contributed by atoms with Crippen LogP contribution in [0.1, 0.15) is 30.0 Å². The molecule has 1 amide bonds. The number of aromatic nitrogens is 1. The first kappa shape index (κ1) is 25.3. The number of pyridine rings is 1. The lowest BCUT2D eigenvalue weighted by Gasteiger charge is -2.23. The number of aromatic amines is 1. The summed E-state index contributed by atoms with van der Waals surface area (Å²) >= 11 is 6.01. The molecular weight excluding hydrogens is 516 g/mol. The second-order valence-corrected chi connectivity index (χ2v) is 9.30. The van der Waals surface area contributed by atoms with Crippen molar-refractivity contribution in [1.29, 1.82) is 0 Å². The van der Waals surface area contributed by atoms with Gasteiger partial charge in [0.15, 0.2) is 0 Å². The van der Waals surface area contributed by atoms with Gasteiger partial charge in [0, 0.05) is 27.9 Å². The molecule has 0 fully saturated rings. The lowest BCUT2D eigenvalue weighted by atomic mass is 9.91. The molecule has 1 atom stereocenters. The quantitative estimate of drug-likeness (QED) is 0.334. The first-order chi connectivity index (χ1) is 18.2. The van der Waals surface area contributed by atoms with E-state index in [1.54, 1.807) is 36.4 Å². The molecule has 1 aliphatic rings. The molecule has 2 heterocycles. The summed E-state index contributed by atoms with van der Waals surface area (Å²) in [5.41, 5.74) is 2.42. The number of para-hydroxylation sites is 1. The van der Waals surface area contributed by atoms with E-state index in [0.717, 1.165) is 16.0 Å². The van der Waals surface area contributed by atoms with E-state index in [1.165, 1.54) is 0 Å². The van der Waals surface area contributed by atoms with E-state index in [2.05, 4.69) is 10.1 Å². The molecule has 1 unspecified atom stereocenters. The molecule has 38 heavy (non-hydrogen) atoms. The van der Waals surface area contributed by atoms with Crippen LogP contribution in [0.5, 0.6) is 0 Å². The smallest absolute Gasteiger partial charge is 0.375 e.